The van der Waals surface area contributed by atoms with E-state index in [-0.39, 0.29) is 11.6 Å². The Morgan fingerprint density at radius 2 is 2.04 bits per heavy atom. The van der Waals surface area contributed by atoms with Crippen LogP contribution in [0.3, 0.4) is 0 Å². The van der Waals surface area contributed by atoms with Crippen LogP contribution in [0.1, 0.15) is 55.4 Å². The summed E-state index contributed by atoms with van der Waals surface area (Å²) < 4.78 is 7.00. The van der Waals surface area contributed by atoms with Crippen LogP contribution < -0.4 is 5.56 Å². The highest BCUT2D eigenvalue weighted by Crippen LogP contribution is 2.60. The highest BCUT2D eigenvalue weighted by Gasteiger charge is 2.51. The zero-order chi connectivity index (χ0) is 18.0. The number of aromatic amines is 1. The van der Waals surface area contributed by atoms with Gasteiger partial charge in [0.2, 0.25) is 0 Å². The lowest BCUT2D eigenvalue weighted by Crippen LogP contribution is -2.39. The number of hydrogen-bond donors (Lipinski definition) is 1. The number of esters is 1. The predicted molar refractivity (Wildman–Crippen MR) is 96.1 cm³/mol. The van der Waals surface area contributed by atoms with E-state index in [1.54, 1.807) is 0 Å². The molecule has 0 amide bonds. The number of hydrogen-bond acceptors (Lipinski definition) is 4. The molecule has 3 aliphatic carbocycles. The van der Waals surface area contributed by atoms with E-state index in [1.807, 2.05) is 12.4 Å². The van der Waals surface area contributed by atoms with Gasteiger partial charge in [-0.1, -0.05) is 0 Å². The van der Waals surface area contributed by atoms with Gasteiger partial charge in [0.25, 0.3) is 5.56 Å². The van der Waals surface area contributed by atoms with Gasteiger partial charge in [-0.25, -0.2) is 9.89 Å². The second-order valence-electron chi connectivity index (χ2n) is 8.58. The molecule has 138 valence electrons. The van der Waals surface area contributed by atoms with Crippen LogP contribution in [0.15, 0.2) is 17.2 Å². The minimum atomic E-state index is -0.450. The highest BCUT2D eigenvalue weighted by molar-refractivity contribution is 5.95. The molecule has 3 fully saturated rings. The molecule has 1 N–H and O–H groups in total. The van der Waals surface area contributed by atoms with Crippen LogP contribution in [0.4, 0.5) is 0 Å². The summed E-state index contributed by atoms with van der Waals surface area (Å²) in [7, 11) is 1.36. The van der Waals surface area contributed by atoms with Gasteiger partial charge in [-0.2, -0.15) is 5.10 Å². The van der Waals surface area contributed by atoms with E-state index in [0.717, 1.165) is 23.7 Å². The second kappa shape index (κ2) is 5.69. The summed E-state index contributed by atoms with van der Waals surface area (Å²) in [5.74, 6) is 3.55. The zero-order valence-corrected chi connectivity index (χ0v) is 15.3. The van der Waals surface area contributed by atoms with Crippen molar-refractivity contribution < 1.29 is 9.53 Å². The first-order valence-corrected chi connectivity index (χ1v) is 9.75. The van der Waals surface area contributed by atoms with Crippen molar-refractivity contribution in [3.8, 4) is 11.3 Å². The molecule has 0 aromatic heterocycles. The first-order valence-electron chi connectivity index (χ1n) is 9.75. The smallest absolute Gasteiger partial charge is 0.341 e. The van der Waals surface area contributed by atoms with E-state index >= 15 is 0 Å². The first kappa shape index (κ1) is 16.1. The van der Waals surface area contributed by atoms with E-state index in [4.69, 9.17) is 4.74 Å². The minimum absolute atomic E-state index is 0.252. The second-order valence-corrected chi connectivity index (χ2v) is 8.58. The van der Waals surface area contributed by atoms with Crippen LogP contribution in [-0.4, -0.2) is 27.8 Å². The summed E-state index contributed by atoms with van der Waals surface area (Å²) >= 11 is 0. The molecule has 6 nitrogen and oxygen atoms in total. The van der Waals surface area contributed by atoms with Crippen molar-refractivity contribution in [3.05, 3.63) is 28.3 Å². The number of aromatic nitrogens is 3. The van der Waals surface area contributed by atoms with Gasteiger partial charge < -0.3 is 9.30 Å². The van der Waals surface area contributed by atoms with Crippen LogP contribution in [0.25, 0.3) is 11.3 Å². The normalized spacial score (nSPS) is 33.5. The largest absolute Gasteiger partial charge is 0.465 e. The number of fused-ring (bicyclic) bond motifs is 3. The standard InChI is InChI=1S/C20H25N3O3/c1-10(17-13-4-3-12-5-11(6-13)7-14(12)17)23-8-15-18(21-22-19(15)24)16(9-23)20(25)26-2/h8-14,17H,3-7H2,1-2H3,(H,22,24)/t10-,11-,12-,13-,14+,17+/m1/s1. The van der Waals surface area contributed by atoms with Gasteiger partial charge in [0, 0.05) is 18.4 Å². The van der Waals surface area contributed by atoms with Crippen LogP contribution in [0, 0.1) is 29.6 Å². The molecule has 6 heteroatoms. The number of carbonyl (C=O) groups excluding carboxylic acids is 1. The van der Waals surface area contributed by atoms with Crippen LogP contribution in [0.5, 0.6) is 0 Å². The van der Waals surface area contributed by atoms with Crippen molar-refractivity contribution in [2.45, 2.75) is 45.1 Å². The maximum Gasteiger partial charge on any atom is 0.341 e. The monoisotopic (exact) mass is 355 g/mol. The Kier molecular flexibility index (Phi) is 3.52. The molecule has 3 bridgehead atoms. The summed E-state index contributed by atoms with van der Waals surface area (Å²) in [6.45, 7) is 2.25. The third kappa shape index (κ3) is 2.20. The Labute approximate surface area is 152 Å². The van der Waals surface area contributed by atoms with E-state index in [1.165, 1.54) is 39.2 Å². The fourth-order valence-corrected chi connectivity index (χ4v) is 6.45. The molecular formula is C20H25N3O3. The van der Waals surface area contributed by atoms with Crippen LogP contribution in [0.2, 0.25) is 0 Å². The van der Waals surface area contributed by atoms with Gasteiger partial charge >= 0.3 is 5.97 Å². The molecule has 0 unspecified atom stereocenters. The molecule has 0 radical (unpaired) electrons. The molecule has 2 heterocycles. The molecule has 0 saturated heterocycles. The van der Waals surface area contributed by atoms with Gasteiger partial charge in [-0.15, -0.1) is 0 Å². The van der Waals surface area contributed by atoms with Gasteiger partial charge in [-0.05, 0) is 68.6 Å². The first-order chi connectivity index (χ1) is 12.6. The van der Waals surface area contributed by atoms with Crippen molar-refractivity contribution in [3.63, 3.8) is 0 Å². The Bertz CT molecular complexity index is 885. The maximum atomic E-state index is 12.3. The number of H-pyrrole nitrogens is 1. The third-order valence-electron chi connectivity index (χ3n) is 7.44. The number of methoxy groups -OCH3 is 1. The number of nitrogens with zero attached hydrogens (tertiary/aromatic N) is 2. The van der Waals surface area contributed by atoms with E-state index in [9.17, 15) is 9.59 Å². The zero-order valence-electron chi connectivity index (χ0n) is 15.3. The number of rotatable bonds is 3. The Morgan fingerprint density at radius 1 is 1.27 bits per heavy atom. The maximum absolute atomic E-state index is 12.3. The number of nitrogens with one attached hydrogen (secondary N) is 1. The van der Waals surface area contributed by atoms with Crippen LogP contribution in [-0.2, 0) is 4.74 Å². The summed E-state index contributed by atoms with van der Waals surface area (Å²) in [5.41, 5.74) is 0.972. The van der Waals surface area contributed by atoms with Crippen molar-refractivity contribution in [2.75, 3.05) is 7.11 Å². The number of pyridine rings is 1. The Hall–Kier alpha value is -2.11. The summed E-state index contributed by atoms with van der Waals surface area (Å²) in [5, 5.41) is 6.49. The van der Waals surface area contributed by atoms with Gasteiger partial charge in [0.15, 0.2) is 0 Å². The lowest BCUT2D eigenvalue weighted by Gasteiger charge is -2.46. The molecule has 0 spiro atoms. The molecule has 6 atom stereocenters. The van der Waals surface area contributed by atoms with Gasteiger partial charge in [0.05, 0.1) is 12.7 Å². The quantitative estimate of drug-likeness (QED) is 0.858. The molecule has 5 rings (SSSR count). The molecule has 0 aromatic carbocycles. The van der Waals surface area contributed by atoms with Gasteiger partial charge in [-0.3, -0.25) is 4.79 Å². The average Bonchev–Trinajstić information content (AvgIpc) is 3.12. The van der Waals surface area contributed by atoms with E-state index in [2.05, 4.69) is 21.7 Å². The summed E-state index contributed by atoms with van der Waals surface area (Å²) in [6.07, 6.45) is 10.5. The molecule has 5 aliphatic rings. The summed E-state index contributed by atoms with van der Waals surface area (Å²) in [4.78, 5) is 24.4. The van der Waals surface area contributed by atoms with Crippen LogP contribution >= 0.6 is 0 Å². The number of carbonyl (C=O) groups is 1. The van der Waals surface area contributed by atoms with Gasteiger partial charge in [0.1, 0.15) is 11.3 Å². The fourth-order valence-electron chi connectivity index (χ4n) is 6.45. The highest BCUT2D eigenvalue weighted by atomic mass is 16.5. The Morgan fingerprint density at radius 3 is 2.85 bits per heavy atom. The summed E-state index contributed by atoms with van der Waals surface area (Å²) in [6, 6.07) is 0.258. The SMILES string of the molecule is COC(=O)c1cn([C@H](C)[C@H]2[C@@H]3CC[C@@H]4C[C@H](C3)C[C@@H]42)cc2c(=O)[nH]nc1-2. The van der Waals surface area contributed by atoms with Crippen molar-refractivity contribution >= 4 is 5.97 Å². The average molecular weight is 355 g/mol. The molecule has 0 aromatic rings. The van der Waals surface area contributed by atoms with Crippen molar-refractivity contribution in [2.24, 2.45) is 29.6 Å². The topological polar surface area (TPSA) is 77.0 Å². The number of ether oxygens (including phenoxy) is 1. The van der Waals surface area contributed by atoms with E-state index in [0.29, 0.717) is 22.7 Å². The lowest BCUT2D eigenvalue weighted by atomic mass is 9.62. The fraction of sp³-hybridized carbons (Fsp3) is 0.650. The molecular weight excluding hydrogens is 330 g/mol. The molecule has 2 aliphatic heterocycles. The van der Waals surface area contributed by atoms with Crippen molar-refractivity contribution in [1.82, 2.24) is 14.8 Å². The lowest BCUT2D eigenvalue weighted by molar-refractivity contribution is 0.0449. The van der Waals surface area contributed by atoms with Crippen molar-refractivity contribution in [1.29, 1.82) is 0 Å². The predicted octanol–water partition coefficient (Wildman–Crippen LogP) is 3.10. The Balaban J connectivity index is 1.58. The molecule has 3 saturated carbocycles. The minimum Gasteiger partial charge on any atom is -0.465 e. The molecule has 26 heavy (non-hydrogen) atoms. The van der Waals surface area contributed by atoms with E-state index < -0.39 is 5.97 Å². The third-order valence-corrected chi connectivity index (χ3v) is 7.44.